The van der Waals surface area contributed by atoms with E-state index in [4.69, 9.17) is 23.7 Å². The van der Waals surface area contributed by atoms with Gasteiger partial charge in [-0.05, 0) is 0 Å². The van der Waals surface area contributed by atoms with Gasteiger partial charge in [0.1, 0.15) is 61.0 Å². The molecule has 3 saturated heterocycles. The number of aliphatic hydroxyl groups excluding tert-OH is 9. The van der Waals surface area contributed by atoms with E-state index >= 15 is 0 Å². The predicted molar refractivity (Wildman–Crippen MR) is 109 cm³/mol. The summed E-state index contributed by atoms with van der Waals surface area (Å²) in [6.45, 7) is 2.00. The average Bonchev–Trinajstić information content (AvgIpc) is 3.65. The number of ether oxygens (including phenoxy) is 5. The van der Waals surface area contributed by atoms with Gasteiger partial charge in [0.25, 0.3) is 0 Å². The number of fused-ring (bicyclic) bond motifs is 2. The SMILES string of the molecule is C=CC1OC2(OC3C(O)[C@@H](O)C(CO)O[C@H]3O[C@@H]3C(CO)OC4(O)C(O)C4C3O)C(O)C2C(O)[C@@H]1O. The Morgan fingerprint density at radius 2 is 1.42 bits per heavy atom. The Labute approximate surface area is 204 Å². The minimum absolute atomic E-state index is 0.755. The van der Waals surface area contributed by atoms with Gasteiger partial charge in [-0.3, -0.25) is 0 Å². The molecule has 0 aromatic heterocycles. The molecule has 0 aromatic carbocycles. The standard InChI is InChI=1S/C21H32O15/c1-2-5-10(24)12(26)9-18(30)21(9,35-5)36-16-14(28)11(25)6(3-22)32-19(16)33-15-7(4-23)34-20(31)8(13(15)27)17(20)29/h2,5-19,22-31H,1,3-4H2/t5?,6?,7?,8?,9?,10-,11+,12?,13?,14?,15-,16?,17?,18?,19+,20?,21?/m1/s1. The van der Waals surface area contributed by atoms with E-state index < -0.39 is 116 Å². The van der Waals surface area contributed by atoms with Gasteiger partial charge in [-0.2, -0.15) is 0 Å². The van der Waals surface area contributed by atoms with Crippen molar-refractivity contribution in [3.8, 4) is 0 Å². The molecule has 13 unspecified atom stereocenters. The molecule has 2 aliphatic carbocycles. The zero-order valence-corrected chi connectivity index (χ0v) is 18.9. The van der Waals surface area contributed by atoms with Crippen molar-refractivity contribution in [1.29, 1.82) is 0 Å². The van der Waals surface area contributed by atoms with Crippen molar-refractivity contribution in [2.24, 2.45) is 11.8 Å². The first-order chi connectivity index (χ1) is 17.0. The number of hydrogen-bond acceptors (Lipinski definition) is 15. The van der Waals surface area contributed by atoms with E-state index in [9.17, 15) is 51.1 Å². The Kier molecular flexibility index (Phi) is 6.77. The van der Waals surface area contributed by atoms with Crippen LogP contribution in [0.25, 0.3) is 0 Å². The molecule has 15 nitrogen and oxygen atoms in total. The van der Waals surface area contributed by atoms with Gasteiger partial charge in [-0.15, -0.1) is 6.58 Å². The Morgan fingerprint density at radius 3 is 2.03 bits per heavy atom. The molecule has 0 bridgehead atoms. The Bertz CT molecular complexity index is 844. The van der Waals surface area contributed by atoms with Crippen molar-refractivity contribution < 1.29 is 74.7 Å². The summed E-state index contributed by atoms with van der Waals surface area (Å²) in [7, 11) is 0. The molecule has 2 saturated carbocycles. The van der Waals surface area contributed by atoms with Gasteiger partial charge >= 0.3 is 0 Å². The van der Waals surface area contributed by atoms with Crippen molar-refractivity contribution in [2.75, 3.05) is 13.2 Å². The van der Waals surface area contributed by atoms with Crippen LogP contribution in [0.5, 0.6) is 0 Å². The van der Waals surface area contributed by atoms with Crippen LogP contribution >= 0.6 is 0 Å². The normalized spacial score (nSPS) is 60.1. The highest BCUT2D eigenvalue weighted by atomic mass is 16.8. The summed E-state index contributed by atoms with van der Waals surface area (Å²) in [6.07, 6.45) is -18.4. The average molecular weight is 524 g/mol. The van der Waals surface area contributed by atoms with Crippen LogP contribution in [0.4, 0.5) is 0 Å². The molecule has 3 aliphatic heterocycles. The summed E-state index contributed by atoms with van der Waals surface area (Å²) in [6, 6.07) is 0. The van der Waals surface area contributed by atoms with Gasteiger partial charge in [0.05, 0.1) is 37.3 Å². The molecule has 3 heterocycles. The summed E-state index contributed by atoms with van der Waals surface area (Å²) in [4.78, 5) is 0. The molecule has 0 radical (unpaired) electrons. The first-order valence-corrected chi connectivity index (χ1v) is 11.6. The molecule has 0 spiro atoms. The number of aliphatic hydroxyl groups is 10. The molecule has 17 atom stereocenters. The van der Waals surface area contributed by atoms with Crippen molar-refractivity contribution in [3.63, 3.8) is 0 Å². The lowest BCUT2D eigenvalue weighted by atomic mass is 9.97. The van der Waals surface area contributed by atoms with E-state index in [-0.39, 0.29) is 0 Å². The maximum absolute atomic E-state index is 10.8. The number of hydrogen-bond donors (Lipinski definition) is 10. The molecule has 5 rings (SSSR count). The lowest BCUT2D eigenvalue weighted by Crippen LogP contribution is -2.64. The van der Waals surface area contributed by atoms with E-state index in [1.165, 1.54) is 6.08 Å². The molecule has 0 aromatic rings. The second-order valence-corrected chi connectivity index (χ2v) is 9.93. The Balaban J connectivity index is 1.41. The minimum atomic E-state index is -2.07. The van der Waals surface area contributed by atoms with Crippen molar-refractivity contribution in [3.05, 3.63) is 12.7 Å². The lowest BCUT2D eigenvalue weighted by molar-refractivity contribution is -0.378. The first-order valence-electron chi connectivity index (χ1n) is 11.6. The smallest absolute Gasteiger partial charge is 0.204 e. The fourth-order valence-corrected chi connectivity index (χ4v) is 5.62. The third-order valence-electron chi connectivity index (χ3n) is 7.87. The highest BCUT2D eigenvalue weighted by Gasteiger charge is 2.77. The van der Waals surface area contributed by atoms with E-state index in [1.807, 2.05) is 0 Å². The van der Waals surface area contributed by atoms with Crippen molar-refractivity contribution in [1.82, 2.24) is 0 Å². The summed E-state index contributed by atoms with van der Waals surface area (Å²) in [5.74, 6) is -6.34. The molecule has 206 valence electrons. The van der Waals surface area contributed by atoms with Gasteiger partial charge in [-0.25, -0.2) is 0 Å². The minimum Gasteiger partial charge on any atom is -0.394 e. The van der Waals surface area contributed by atoms with Crippen LogP contribution in [-0.4, -0.2) is 155 Å². The molecular formula is C21H32O15. The van der Waals surface area contributed by atoms with Crippen LogP contribution in [0, 0.1) is 11.8 Å². The molecule has 36 heavy (non-hydrogen) atoms. The number of rotatable bonds is 7. The third kappa shape index (κ3) is 3.70. The van der Waals surface area contributed by atoms with Crippen LogP contribution in [0.15, 0.2) is 12.7 Å². The molecule has 5 fully saturated rings. The fourth-order valence-electron chi connectivity index (χ4n) is 5.62. The van der Waals surface area contributed by atoms with Gasteiger partial charge < -0.3 is 74.7 Å². The second kappa shape index (κ2) is 9.11. The molecule has 5 aliphatic rings. The second-order valence-electron chi connectivity index (χ2n) is 9.93. The van der Waals surface area contributed by atoms with Crippen molar-refractivity contribution in [2.45, 2.75) is 91.1 Å². The summed E-state index contributed by atoms with van der Waals surface area (Å²) in [5.41, 5.74) is 0. The first kappa shape index (κ1) is 26.7. The molecular weight excluding hydrogens is 492 g/mol. The van der Waals surface area contributed by atoms with Gasteiger partial charge in [0.15, 0.2) is 6.29 Å². The van der Waals surface area contributed by atoms with Gasteiger partial charge in [-0.1, -0.05) is 6.08 Å². The van der Waals surface area contributed by atoms with E-state index in [2.05, 4.69) is 6.58 Å². The monoisotopic (exact) mass is 524 g/mol. The molecule has 15 heteroatoms. The highest BCUT2D eigenvalue weighted by Crippen LogP contribution is 2.57. The van der Waals surface area contributed by atoms with Gasteiger partial charge in [0.2, 0.25) is 11.6 Å². The summed E-state index contributed by atoms with van der Waals surface area (Å²) < 4.78 is 28.2. The van der Waals surface area contributed by atoms with E-state index in [0.29, 0.717) is 0 Å². The predicted octanol–water partition coefficient (Wildman–Crippen LogP) is -6.38. The summed E-state index contributed by atoms with van der Waals surface area (Å²) >= 11 is 0. The third-order valence-corrected chi connectivity index (χ3v) is 7.87. The van der Waals surface area contributed by atoms with Crippen LogP contribution < -0.4 is 0 Å². The molecule has 0 amide bonds. The Hall–Kier alpha value is -0.860. The summed E-state index contributed by atoms with van der Waals surface area (Å²) in [5, 5.41) is 103. The highest BCUT2D eigenvalue weighted by molar-refractivity contribution is 5.20. The largest absolute Gasteiger partial charge is 0.394 e. The maximum Gasteiger partial charge on any atom is 0.204 e. The Morgan fingerprint density at radius 1 is 0.750 bits per heavy atom. The zero-order valence-electron chi connectivity index (χ0n) is 18.9. The molecule has 10 N–H and O–H groups in total. The fraction of sp³-hybridized carbons (Fsp3) is 0.905. The van der Waals surface area contributed by atoms with Gasteiger partial charge in [0, 0.05) is 0 Å². The van der Waals surface area contributed by atoms with Crippen LogP contribution in [0.1, 0.15) is 0 Å². The van der Waals surface area contributed by atoms with Crippen LogP contribution in [-0.2, 0) is 23.7 Å². The van der Waals surface area contributed by atoms with E-state index in [0.717, 1.165) is 0 Å². The van der Waals surface area contributed by atoms with Crippen molar-refractivity contribution >= 4 is 0 Å². The quantitative estimate of drug-likeness (QED) is 0.139. The maximum atomic E-state index is 10.8. The zero-order chi connectivity index (χ0) is 26.3. The van der Waals surface area contributed by atoms with Crippen LogP contribution in [0.3, 0.4) is 0 Å². The van der Waals surface area contributed by atoms with Crippen LogP contribution in [0.2, 0.25) is 0 Å². The topological polar surface area (TPSA) is 248 Å². The van der Waals surface area contributed by atoms with E-state index in [1.54, 1.807) is 0 Å². The lowest BCUT2D eigenvalue weighted by Gasteiger charge is -2.46.